The number of rotatable bonds is 2. The van der Waals surface area contributed by atoms with Gasteiger partial charge in [0.15, 0.2) is 0 Å². The second-order valence-corrected chi connectivity index (χ2v) is 5.67. The number of hydrogen-bond donors (Lipinski definition) is 1. The van der Waals surface area contributed by atoms with Crippen LogP contribution in [0.25, 0.3) is 0 Å². The first-order valence-corrected chi connectivity index (χ1v) is 5.60. The summed E-state index contributed by atoms with van der Waals surface area (Å²) in [5.41, 5.74) is 0.0137. The van der Waals surface area contributed by atoms with Gasteiger partial charge in [-0.05, 0) is 43.9 Å². The summed E-state index contributed by atoms with van der Waals surface area (Å²) in [4.78, 5) is 0. The highest BCUT2D eigenvalue weighted by Gasteiger charge is 2.37. The summed E-state index contributed by atoms with van der Waals surface area (Å²) < 4.78 is 0. The Morgan fingerprint density at radius 1 is 1.46 bits per heavy atom. The molecule has 1 saturated carbocycles. The highest BCUT2D eigenvalue weighted by molar-refractivity contribution is 4.88. The van der Waals surface area contributed by atoms with Gasteiger partial charge in [-0.25, -0.2) is 0 Å². The molecule has 1 aliphatic carbocycles. The van der Waals surface area contributed by atoms with E-state index in [0.717, 1.165) is 6.42 Å². The lowest BCUT2D eigenvalue weighted by Crippen LogP contribution is -2.39. The molecule has 0 heterocycles. The van der Waals surface area contributed by atoms with Crippen LogP contribution in [0.1, 0.15) is 59.8 Å². The van der Waals surface area contributed by atoms with E-state index in [0.29, 0.717) is 11.3 Å². The van der Waals surface area contributed by atoms with Crippen molar-refractivity contribution < 1.29 is 5.11 Å². The van der Waals surface area contributed by atoms with Gasteiger partial charge >= 0.3 is 0 Å². The lowest BCUT2D eigenvalue weighted by atomic mass is 9.66. The van der Waals surface area contributed by atoms with Crippen molar-refractivity contribution in [1.29, 1.82) is 0 Å². The molecule has 1 fully saturated rings. The average molecular weight is 184 g/mol. The first-order valence-electron chi connectivity index (χ1n) is 5.60. The van der Waals surface area contributed by atoms with Gasteiger partial charge in [0.25, 0.3) is 0 Å². The zero-order chi connectivity index (χ0) is 10.1. The van der Waals surface area contributed by atoms with E-state index in [4.69, 9.17) is 0 Å². The van der Waals surface area contributed by atoms with Gasteiger partial charge in [0.2, 0.25) is 0 Å². The molecule has 0 aliphatic heterocycles. The molecule has 78 valence electrons. The molecule has 1 rings (SSSR count). The first kappa shape index (κ1) is 11.0. The summed E-state index contributed by atoms with van der Waals surface area (Å²) in [6.45, 7) is 8.73. The van der Waals surface area contributed by atoms with Crippen LogP contribution in [0.5, 0.6) is 0 Å². The predicted octanol–water partition coefficient (Wildman–Crippen LogP) is 3.36. The van der Waals surface area contributed by atoms with Gasteiger partial charge < -0.3 is 5.11 Å². The van der Waals surface area contributed by atoms with E-state index in [1.165, 1.54) is 25.7 Å². The molecule has 0 bridgehead atoms. The Balaban J connectivity index is 2.61. The highest BCUT2D eigenvalue weighted by Crippen LogP contribution is 2.43. The van der Waals surface area contributed by atoms with Crippen molar-refractivity contribution in [2.45, 2.75) is 65.4 Å². The molecule has 0 spiro atoms. The van der Waals surface area contributed by atoms with Crippen LogP contribution in [0.4, 0.5) is 0 Å². The minimum Gasteiger partial charge on any atom is -0.390 e. The fraction of sp³-hybridized carbons (Fsp3) is 1.00. The first-order chi connectivity index (χ1) is 5.87. The minimum absolute atomic E-state index is 0.433. The van der Waals surface area contributed by atoms with Gasteiger partial charge in [-0.2, -0.15) is 0 Å². The molecule has 0 aromatic carbocycles. The van der Waals surface area contributed by atoms with Crippen LogP contribution in [0.2, 0.25) is 0 Å². The van der Waals surface area contributed by atoms with Crippen molar-refractivity contribution in [3.8, 4) is 0 Å². The summed E-state index contributed by atoms with van der Waals surface area (Å²) in [6.07, 6.45) is 5.89. The Labute approximate surface area is 82.5 Å². The third kappa shape index (κ3) is 2.70. The Bertz CT molecular complexity index is 170. The topological polar surface area (TPSA) is 20.2 Å². The zero-order valence-electron chi connectivity index (χ0n) is 9.56. The number of aliphatic hydroxyl groups is 1. The van der Waals surface area contributed by atoms with Crippen molar-refractivity contribution >= 4 is 0 Å². The number of hydrogen-bond acceptors (Lipinski definition) is 1. The average Bonchev–Trinajstić information content (AvgIpc) is 2.03. The van der Waals surface area contributed by atoms with Crippen molar-refractivity contribution in [3.05, 3.63) is 0 Å². The molecule has 1 N–H and O–H groups in total. The second-order valence-electron chi connectivity index (χ2n) is 5.67. The Morgan fingerprint density at radius 3 is 2.54 bits per heavy atom. The van der Waals surface area contributed by atoms with Gasteiger partial charge in [-0.15, -0.1) is 0 Å². The second kappa shape index (κ2) is 3.61. The van der Waals surface area contributed by atoms with Crippen molar-refractivity contribution in [3.63, 3.8) is 0 Å². The van der Waals surface area contributed by atoms with E-state index in [2.05, 4.69) is 20.8 Å². The van der Waals surface area contributed by atoms with E-state index in [1.54, 1.807) is 0 Å². The third-order valence-corrected chi connectivity index (χ3v) is 3.80. The molecule has 1 heteroatoms. The molecule has 0 saturated heterocycles. The van der Waals surface area contributed by atoms with E-state index in [1.807, 2.05) is 6.92 Å². The van der Waals surface area contributed by atoms with Crippen LogP contribution < -0.4 is 0 Å². The van der Waals surface area contributed by atoms with Gasteiger partial charge in [0, 0.05) is 0 Å². The fourth-order valence-corrected chi connectivity index (χ4v) is 2.52. The molecule has 0 amide bonds. The maximum absolute atomic E-state index is 10.2. The zero-order valence-corrected chi connectivity index (χ0v) is 9.56. The van der Waals surface area contributed by atoms with Gasteiger partial charge in [-0.1, -0.05) is 27.2 Å². The van der Waals surface area contributed by atoms with Crippen molar-refractivity contribution in [2.75, 3.05) is 0 Å². The summed E-state index contributed by atoms with van der Waals surface area (Å²) in [6, 6.07) is 0. The quantitative estimate of drug-likeness (QED) is 0.697. The van der Waals surface area contributed by atoms with Crippen LogP contribution in [-0.2, 0) is 0 Å². The van der Waals surface area contributed by atoms with E-state index in [9.17, 15) is 5.11 Å². The lowest BCUT2D eigenvalue weighted by molar-refractivity contribution is -0.0404. The molecule has 0 radical (unpaired) electrons. The fourth-order valence-electron chi connectivity index (χ4n) is 2.52. The molecular formula is C12H24O. The molecule has 1 nitrogen and oxygen atoms in total. The highest BCUT2D eigenvalue weighted by atomic mass is 16.3. The summed E-state index contributed by atoms with van der Waals surface area (Å²) >= 11 is 0. The largest absolute Gasteiger partial charge is 0.390 e. The summed E-state index contributed by atoms with van der Waals surface area (Å²) in [7, 11) is 0. The molecule has 2 unspecified atom stereocenters. The SMILES string of the molecule is CCC(C)(O)C1CCCC(C)(C)C1. The smallest absolute Gasteiger partial charge is 0.0645 e. The molecule has 0 aromatic heterocycles. The van der Waals surface area contributed by atoms with Crippen molar-refractivity contribution in [2.24, 2.45) is 11.3 Å². The molecule has 2 atom stereocenters. The maximum Gasteiger partial charge on any atom is 0.0645 e. The van der Waals surface area contributed by atoms with E-state index in [-0.39, 0.29) is 0 Å². The Morgan fingerprint density at radius 2 is 2.08 bits per heavy atom. The van der Waals surface area contributed by atoms with E-state index >= 15 is 0 Å². The molecular weight excluding hydrogens is 160 g/mol. The summed E-state index contributed by atoms with van der Waals surface area (Å²) in [5, 5.41) is 10.2. The summed E-state index contributed by atoms with van der Waals surface area (Å²) in [5.74, 6) is 0.515. The Hall–Kier alpha value is -0.0400. The van der Waals surface area contributed by atoms with Crippen LogP contribution in [0, 0.1) is 11.3 Å². The monoisotopic (exact) mass is 184 g/mol. The van der Waals surface area contributed by atoms with E-state index < -0.39 is 5.60 Å². The van der Waals surface area contributed by atoms with Crippen LogP contribution in [0.15, 0.2) is 0 Å². The molecule has 0 aromatic rings. The standard InChI is InChI=1S/C12H24O/c1-5-12(4,13)10-7-6-8-11(2,3)9-10/h10,13H,5-9H2,1-4H3. The van der Waals surface area contributed by atoms with Crippen LogP contribution >= 0.6 is 0 Å². The van der Waals surface area contributed by atoms with Gasteiger partial charge in [0.05, 0.1) is 5.60 Å². The molecule has 1 aliphatic rings. The lowest BCUT2D eigenvalue weighted by Gasteiger charge is -2.42. The van der Waals surface area contributed by atoms with Gasteiger partial charge in [-0.3, -0.25) is 0 Å². The minimum atomic E-state index is -0.433. The molecule has 13 heavy (non-hydrogen) atoms. The van der Waals surface area contributed by atoms with Crippen molar-refractivity contribution in [1.82, 2.24) is 0 Å². The Kier molecular flexibility index (Phi) is 3.06. The predicted molar refractivity (Wildman–Crippen MR) is 56.7 cm³/mol. The maximum atomic E-state index is 10.2. The third-order valence-electron chi connectivity index (χ3n) is 3.80. The van der Waals surface area contributed by atoms with Crippen LogP contribution in [0.3, 0.4) is 0 Å². The normalized spacial score (nSPS) is 32.5. The van der Waals surface area contributed by atoms with Gasteiger partial charge in [0.1, 0.15) is 0 Å². The van der Waals surface area contributed by atoms with Crippen LogP contribution in [-0.4, -0.2) is 10.7 Å².